The number of nitriles is 1. The van der Waals surface area contributed by atoms with Gasteiger partial charge in [-0.3, -0.25) is 9.69 Å². The predicted octanol–water partition coefficient (Wildman–Crippen LogP) is 5.55. The van der Waals surface area contributed by atoms with Gasteiger partial charge in [0.25, 0.3) is 5.91 Å². The van der Waals surface area contributed by atoms with E-state index in [1.165, 1.54) is 16.0 Å². The van der Waals surface area contributed by atoms with Gasteiger partial charge in [0.05, 0.1) is 11.6 Å². The van der Waals surface area contributed by atoms with Crippen LogP contribution in [-0.2, 0) is 22.4 Å². The Morgan fingerprint density at radius 3 is 2.68 bits per heavy atom. The van der Waals surface area contributed by atoms with Crippen LogP contribution in [0.3, 0.4) is 0 Å². The van der Waals surface area contributed by atoms with Crippen molar-refractivity contribution in [2.75, 3.05) is 45.9 Å². The quantitative estimate of drug-likeness (QED) is 0.302. The Hall–Kier alpha value is -4.28. The Morgan fingerprint density at radius 2 is 1.94 bits per heavy atom. The van der Waals surface area contributed by atoms with Crippen LogP contribution in [0.2, 0.25) is 0 Å². The molecule has 4 aliphatic heterocycles. The summed E-state index contributed by atoms with van der Waals surface area (Å²) in [5, 5.41) is 10.6. The maximum atomic E-state index is 16.3. The van der Waals surface area contributed by atoms with Crippen LogP contribution in [0, 0.1) is 23.8 Å². The molecule has 1 aromatic carbocycles. The summed E-state index contributed by atoms with van der Waals surface area (Å²) in [5.41, 5.74) is 4.63. The molecule has 244 valence electrons. The number of hydrogen-bond donors (Lipinski definition) is 0. The number of carbonyl (C=O) groups excluding carboxylic acids is 1. The van der Waals surface area contributed by atoms with Gasteiger partial charge in [0, 0.05) is 36.8 Å². The Labute approximate surface area is 275 Å². The van der Waals surface area contributed by atoms with Crippen LogP contribution >= 0.6 is 0 Å². The van der Waals surface area contributed by atoms with Crippen molar-refractivity contribution in [3.63, 3.8) is 0 Å². The molecule has 47 heavy (non-hydrogen) atoms. The first-order chi connectivity index (χ1) is 22.8. The van der Waals surface area contributed by atoms with E-state index in [0.29, 0.717) is 17.9 Å². The molecule has 8 nitrogen and oxygen atoms in total. The first kappa shape index (κ1) is 31.3. The first-order valence-corrected chi connectivity index (χ1v) is 16.9. The number of dihydropyridines is 1. The zero-order valence-electron chi connectivity index (χ0n) is 26.7. The minimum atomic E-state index is -1.07. The van der Waals surface area contributed by atoms with Crippen molar-refractivity contribution < 1.29 is 18.3 Å². The van der Waals surface area contributed by atoms with Crippen LogP contribution < -0.4 is 0 Å². The predicted molar refractivity (Wildman–Crippen MR) is 175 cm³/mol. The lowest BCUT2D eigenvalue weighted by Crippen LogP contribution is -2.57. The minimum absolute atomic E-state index is 0.0397. The van der Waals surface area contributed by atoms with E-state index >= 15 is 4.39 Å². The largest absolute Gasteiger partial charge is 0.475 e. The van der Waals surface area contributed by atoms with Crippen molar-refractivity contribution >= 4 is 17.4 Å². The number of ether oxygens (including phenoxy) is 1. The van der Waals surface area contributed by atoms with Gasteiger partial charge in [-0.1, -0.05) is 24.8 Å². The van der Waals surface area contributed by atoms with Crippen molar-refractivity contribution in [3.8, 4) is 6.07 Å². The summed E-state index contributed by atoms with van der Waals surface area (Å²) >= 11 is 0. The molecule has 4 heterocycles. The third kappa shape index (κ3) is 5.57. The highest BCUT2D eigenvalue weighted by Crippen LogP contribution is 2.44. The van der Waals surface area contributed by atoms with Crippen molar-refractivity contribution in [2.24, 2.45) is 10.9 Å². The average Bonchev–Trinajstić information content (AvgIpc) is 3.67. The fourth-order valence-corrected chi connectivity index (χ4v) is 8.79. The topological polar surface area (TPSA) is 76.5 Å². The lowest BCUT2D eigenvalue weighted by atomic mass is 9.79. The van der Waals surface area contributed by atoms with Crippen molar-refractivity contribution in [2.45, 2.75) is 69.0 Å². The number of nitrogens with zero attached hydrogens (tertiary/aromatic N) is 6. The molecular formula is C37H40F2N6O2. The Kier molecular flexibility index (Phi) is 8.48. The number of halogens is 2. The molecule has 6 aliphatic rings. The van der Waals surface area contributed by atoms with Gasteiger partial charge in [-0.2, -0.15) is 5.26 Å². The summed E-state index contributed by atoms with van der Waals surface area (Å²) in [6, 6.07) is 7.32. The van der Waals surface area contributed by atoms with E-state index in [-0.39, 0.29) is 49.0 Å². The van der Waals surface area contributed by atoms with E-state index in [4.69, 9.17) is 16.3 Å². The normalized spacial score (nSPS) is 26.6. The Bertz CT molecular complexity index is 1690. The van der Waals surface area contributed by atoms with E-state index in [9.17, 15) is 14.4 Å². The molecular weight excluding hydrogens is 598 g/mol. The highest BCUT2D eigenvalue weighted by Gasteiger charge is 2.47. The highest BCUT2D eigenvalue weighted by atomic mass is 19.1. The van der Waals surface area contributed by atoms with E-state index in [1.807, 2.05) is 23.1 Å². The van der Waals surface area contributed by atoms with Crippen molar-refractivity contribution in [3.05, 3.63) is 88.0 Å². The number of hydrogen-bond acceptors (Lipinski definition) is 6. The Balaban J connectivity index is 1.28. The molecule has 2 unspecified atom stereocenters. The van der Waals surface area contributed by atoms with Crippen LogP contribution in [0.25, 0.3) is 10.4 Å². The third-order valence-electron chi connectivity index (χ3n) is 11.0. The van der Waals surface area contributed by atoms with E-state index < -0.39 is 29.7 Å². The number of piperazine rings is 1. The summed E-state index contributed by atoms with van der Waals surface area (Å²) in [6.07, 6.45) is 11.8. The van der Waals surface area contributed by atoms with Crippen molar-refractivity contribution in [1.82, 2.24) is 14.7 Å². The molecule has 0 spiro atoms. The third-order valence-corrected chi connectivity index (χ3v) is 11.0. The van der Waals surface area contributed by atoms with E-state index in [0.717, 1.165) is 70.0 Å². The SMILES string of the molecule is [C-]#[N+]C[C@H]1CN(C2=C(C#N)C(OCC34CCCN3CCC4)=NC3C=C(c4cccc5c4CCCC5)C(F)=CC23)CCN1C(=O)C(=C)F. The molecule has 3 atom stereocenters. The number of benzene rings is 1. The molecule has 0 radical (unpaired) electrons. The number of aryl methyl sites for hydroxylation is 1. The molecule has 3 fully saturated rings. The summed E-state index contributed by atoms with van der Waals surface area (Å²) in [7, 11) is 0. The molecule has 7 rings (SSSR count). The molecule has 3 saturated heterocycles. The summed E-state index contributed by atoms with van der Waals surface area (Å²) in [5.74, 6) is -2.59. The molecule has 10 heteroatoms. The van der Waals surface area contributed by atoms with Crippen LogP contribution in [-0.4, -0.2) is 90.0 Å². The van der Waals surface area contributed by atoms with Crippen LogP contribution in [0.15, 0.2) is 64.8 Å². The molecule has 2 aliphatic carbocycles. The maximum Gasteiger partial charge on any atom is 0.282 e. The highest BCUT2D eigenvalue weighted by molar-refractivity contribution is 6.00. The fourth-order valence-electron chi connectivity index (χ4n) is 8.79. The van der Waals surface area contributed by atoms with E-state index in [2.05, 4.69) is 28.5 Å². The van der Waals surface area contributed by atoms with Crippen molar-refractivity contribution in [1.29, 1.82) is 5.26 Å². The average molecular weight is 639 g/mol. The van der Waals surface area contributed by atoms with Gasteiger partial charge < -0.3 is 19.4 Å². The number of carbonyl (C=O) groups is 1. The second kappa shape index (κ2) is 12.7. The summed E-state index contributed by atoms with van der Waals surface area (Å²) < 4.78 is 36.8. The van der Waals surface area contributed by atoms with Gasteiger partial charge >= 0.3 is 0 Å². The summed E-state index contributed by atoms with van der Waals surface area (Å²) in [4.78, 5) is 27.0. The molecule has 1 aromatic rings. The standard InChI is InChI=1S/C37H40F2N6O2/c1-24(38)36(46)45-17-16-43(22-26(45)21-41-2)34-30-18-32(39)29(28-11-5-9-25-8-3-4-10-27(25)28)19-33(30)42-35(31(34)20-40)47-23-37-12-6-14-44(37)15-7-13-37/h5,9,11,18-19,26,30,33H,1,3-4,6-8,10,12-17,21-23H2/t26-,30?,33?/m0/s1. The summed E-state index contributed by atoms with van der Waals surface area (Å²) in [6.45, 7) is 13.8. The van der Waals surface area contributed by atoms with Crippen LogP contribution in [0.1, 0.15) is 55.2 Å². The van der Waals surface area contributed by atoms with Gasteiger partial charge in [0.1, 0.15) is 30.1 Å². The molecule has 0 bridgehead atoms. The molecule has 0 N–H and O–H groups in total. The molecule has 0 aromatic heterocycles. The Morgan fingerprint density at radius 1 is 1.15 bits per heavy atom. The first-order valence-electron chi connectivity index (χ1n) is 16.9. The van der Waals surface area contributed by atoms with Gasteiger partial charge in [-0.15, -0.1) is 0 Å². The number of aliphatic imine (C=N–C) groups is 1. The minimum Gasteiger partial charge on any atom is -0.475 e. The second-order valence-electron chi connectivity index (χ2n) is 13.6. The number of rotatable bonds is 6. The number of allylic oxidation sites excluding steroid dienone is 2. The fraction of sp³-hybridized carbons (Fsp3) is 0.514. The number of fused-ring (bicyclic) bond motifs is 3. The van der Waals surface area contributed by atoms with Gasteiger partial charge in [-0.05, 0) is 93.3 Å². The number of amides is 1. The van der Waals surface area contributed by atoms with Crippen LogP contribution in [0.5, 0.6) is 0 Å². The lowest BCUT2D eigenvalue weighted by Gasteiger charge is -2.45. The smallest absolute Gasteiger partial charge is 0.282 e. The van der Waals surface area contributed by atoms with Crippen LogP contribution in [0.4, 0.5) is 8.78 Å². The van der Waals surface area contributed by atoms with Gasteiger partial charge in [0.15, 0.2) is 5.83 Å². The van der Waals surface area contributed by atoms with Gasteiger partial charge in [-0.25, -0.2) is 20.3 Å². The van der Waals surface area contributed by atoms with E-state index in [1.54, 1.807) is 6.08 Å². The maximum absolute atomic E-state index is 16.3. The zero-order valence-corrected chi connectivity index (χ0v) is 26.7. The lowest BCUT2D eigenvalue weighted by molar-refractivity contribution is -0.132. The molecule has 0 saturated carbocycles. The zero-order chi connectivity index (χ0) is 32.7. The van der Waals surface area contributed by atoms with Gasteiger partial charge in [0.2, 0.25) is 12.4 Å². The second-order valence-corrected chi connectivity index (χ2v) is 13.6. The monoisotopic (exact) mass is 638 g/mol. The molecule has 1 amide bonds.